The molecule has 21 heavy (non-hydrogen) atoms. The van der Waals surface area contributed by atoms with Gasteiger partial charge in [0, 0.05) is 6.61 Å². The van der Waals surface area contributed by atoms with Gasteiger partial charge in [-0.3, -0.25) is 0 Å². The number of aliphatic hydroxyl groups excluding tert-OH is 2. The average molecular weight is 302 g/mol. The van der Waals surface area contributed by atoms with Gasteiger partial charge < -0.3 is 15.3 Å². The minimum Gasteiger partial charge on any atom is -0.396 e. The molecule has 0 fully saturated rings. The molecule has 0 aromatic heterocycles. The fourth-order valence-corrected chi connectivity index (χ4v) is 2.89. The van der Waals surface area contributed by atoms with E-state index in [9.17, 15) is 10.2 Å². The number of rotatable bonds is 12. The molecule has 3 nitrogen and oxygen atoms in total. The van der Waals surface area contributed by atoms with Gasteiger partial charge in [-0.2, -0.15) is 0 Å². The maximum atomic E-state index is 10.5. The van der Waals surface area contributed by atoms with E-state index < -0.39 is 5.60 Å². The molecule has 0 aliphatic carbocycles. The Labute approximate surface area is 131 Å². The Morgan fingerprint density at radius 1 is 1.05 bits per heavy atom. The minimum atomic E-state index is -0.621. The van der Waals surface area contributed by atoms with Gasteiger partial charge in [-0.15, -0.1) is 0 Å². The van der Waals surface area contributed by atoms with Crippen LogP contribution in [-0.2, 0) is 0 Å². The van der Waals surface area contributed by atoms with Crippen molar-refractivity contribution in [2.24, 2.45) is 17.8 Å². The lowest BCUT2D eigenvalue weighted by molar-refractivity contribution is 0.0178. The van der Waals surface area contributed by atoms with Crippen LogP contribution in [-0.4, -0.2) is 33.6 Å². The molecule has 0 saturated heterocycles. The molecule has 4 atom stereocenters. The maximum Gasteiger partial charge on any atom is 0.0617 e. The first kappa shape index (κ1) is 20.9. The zero-order valence-corrected chi connectivity index (χ0v) is 14.8. The van der Waals surface area contributed by atoms with Crippen molar-refractivity contribution in [3.8, 4) is 0 Å². The summed E-state index contributed by atoms with van der Waals surface area (Å²) in [6.07, 6.45) is 5.73. The maximum absolute atomic E-state index is 10.5. The summed E-state index contributed by atoms with van der Waals surface area (Å²) in [6.45, 7) is 10.6. The molecule has 0 aliphatic rings. The summed E-state index contributed by atoms with van der Waals surface area (Å²) in [4.78, 5) is 0. The molecule has 0 amide bonds. The van der Waals surface area contributed by atoms with E-state index in [1.54, 1.807) is 0 Å². The van der Waals surface area contributed by atoms with Crippen molar-refractivity contribution in [2.75, 3.05) is 6.61 Å². The molecule has 0 aromatic carbocycles. The van der Waals surface area contributed by atoms with Gasteiger partial charge in [0.15, 0.2) is 0 Å². The molecule has 0 heterocycles. The number of hydrogen-bond donors (Lipinski definition) is 3. The van der Waals surface area contributed by atoms with Crippen LogP contribution in [0.4, 0.5) is 0 Å². The van der Waals surface area contributed by atoms with Crippen LogP contribution in [0.25, 0.3) is 0 Å². The second-order valence-corrected chi connectivity index (χ2v) is 7.55. The van der Waals surface area contributed by atoms with Gasteiger partial charge in [-0.1, -0.05) is 27.7 Å². The first-order valence-electron chi connectivity index (χ1n) is 8.73. The van der Waals surface area contributed by atoms with Gasteiger partial charge in [0.25, 0.3) is 0 Å². The highest BCUT2D eigenvalue weighted by Crippen LogP contribution is 2.30. The third-order valence-electron chi connectivity index (χ3n) is 4.63. The molecule has 0 aromatic rings. The average Bonchev–Trinajstić information content (AvgIpc) is 2.40. The van der Waals surface area contributed by atoms with E-state index in [1.807, 2.05) is 13.8 Å². The van der Waals surface area contributed by atoms with Crippen LogP contribution < -0.4 is 0 Å². The lowest BCUT2D eigenvalue weighted by Gasteiger charge is -2.30. The molecule has 0 rings (SSSR count). The van der Waals surface area contributed by atoms with Crippen LogP contribution in [0.15, 0.2) is 0 Å². The van der Waals surface area contributed by atoms with Gasteiger partial charge in [0.2, 0.25) is 0 Å². The fraction of sp³-hybridized carbons (Fsp3) is 1.00. The minimum absolute atomic E-state index is 0.244. The highest BCUT2D eigenvalue weighted by molar-refractivity contribution is 4.78. The summed E-state index contributed by atoms with van der Waals surface area (Å²) in [5.41, 5.74) is -0.621. The molecular weight excluding hydrogens is 264 g/mol. The Kier molecular flexibility index (Phi) is 10.5. The van der Waals surface area contributed by atoms with E-state index in [2.05, 4.69) is 20.8 Å². The molecule has 0 bridgehead atoms. The van der Waals surface area contributed by atoms with E-state index in [4.69, 9.17) is 5.11 Å². The van der Waals surface area contributed by atoms with Crippen molar-refractivity contribution in [3.63, 3.8) is 0 Å². The Bertz CT molecular complexity index is 251. The highest BCUT2D eigenvalue weighted by atomic mass is 16.3. The van der Waals surface area contributed by atoms with E-state index in [1.165, 1.54) is 0 Å². The quantitative estimate of drug-likeness (QED) is 0.514. The van der Waals surface area contributed by atoms with Crippen LogP contribution >= 0.6 is 0 Å². The highest BCUT2D eigenvalue weighted by Gasteiger charge is 2.26. The Morgan fingerprint density at radius 3 is 2.14 bits per heavy atom. The fourth-order valence-electron chi connectivity index (χ4n) is 2.89. The third kappa shape index (κ3) is 10.3. The molecular formula is C18H38O3. The zero-order chi connectivity index (χ0) is 16.5. The second-order valence-electron chi connectivity index (χ2n) is 7.55. The molecule has 3 heteroatoms. The van der Waals surface area contributed by atoms with Crippen molar-refractivity contribution in [2.45, 2.75) is 91.3 Å². The smallest absolute Gasteiger partial charge is 0.0617 e. The van der Waals surface area contributed by atoms with Gasteiger partial charge in [0.05, 0.1) is 11.7 Å². The third-order valence-corrected chi connectivity index (χ3v) is 4.63. The first-order chi connectivity index (χ1) is 9.71. The standard InChI is InChI=1S/C18H38O3/c1-6-18(5,21)10-9-16(17(20)12-14(2)3)13-15(4)8-7-11-19/h14-17,19-21H,6-13H2,1-5H3. The SMILES string of the molecule is CCC(C)(O)CCC(CC(C)CCCO)C(O)CC(C)C. The molecule has 0 spiro atoms. The predicted molar refractivity (Wildman–Crippen MR) is 89.2 cm³/mol. The molecule has 4 unspecified atom stereocenters. The topological polar surface area (TPSA) is 60.7 Å². The van der Waals surface area contributed by atoms with E-state index in [0.717, 1.165) is 44.9 Å². The number of aliphatic hydroxyl groups is 3. The van der Waals surface area contributed by atoms with Crippen LogP contribution in [0.2, 0.25) is 0 Å². The zero-order valence-electron chi connectivity index (χ0n) is 14.8. The van der Waals surface area contributed by atoms with E-state index >= 15 is 0 Å². The molecule has 0 saturated carbocycles. The van der Waals surface area contributed by atoms with Crippen LogP contribution in [0.3, 0.4) is 0 Å². The van der Waals surface area contributed by atoms with E-state index in [-0.39, 0.29) is 18.6 Å². The van der Waals surface area contributed by atoms with Gasteiger partial charge in [-0.05, 0) is 69.6 Å². The summed E-state index contributed by atoms with van der Waals surface area (Å²) >= 11 is 0. The van der Waals surface area contributed by atoms with Crippen LogP contribution in [0.5, 0.6) is 0 Å². The summed E-state index contributed by atoms with van der Waals surface area (Å²) < 4.78 is 0. The lowest BCUT2D eigenvalue weighted by atomic mass is 9.80. The summed E-state index contributed by atoms with van der Waals surface area (Å²) in [5.74, 6) is 1.25. The van der Waals surface area contributed by atoms with Crippen molar-refractivity contribution in [1.82, 2.24) is 0 Å². The van der Waals surface area contributed by atoms with Crippen LogP contribution in [0.1, 0.15) is 79.6 Å². The van der Waals surface area contributed by atoms with Crippen LogP contribution in [0, 0.1) is 17.8 Å². The number of hydrogen-bond acceptors (Lipinski definition) is 3. The summed E-state index contributed by atoms with van der Waals surface area (Å²) in [7, 11) is 0. The van der Waals surface area contributed by atoms with Crippen molar-refractivity contribution < 1.29 is 15.3 Å². The molecule has 0 radical (unpaired) electrons. The normalized spacial score (nSPS) is 19.3. The molecule has 3 N–H and O–H groups in total. The van der Waals surface area contributed by atoms with Gasteiger partial charge >= 0.3 is 0 Å². The van der Waals surface area contributed by atoms with E-state index in [0.29, 0.717) is 11.8 Å². The first-order valence-corrected chi connectivity index (χ1v) is 8.73. The summed E-state index contributed by atoms with van der Waals surface area (Å²) in [6, 6.07) is 0. The monoisotopic (exact) mass is 302 g/mol. The Hall–Kier alpha value is -0.120. The molecule has 0 aliphatic heterocycles. The predicted octanol–water partition coefficient (Wildman–Crippen LogP) is 3.75. The van der Waals surface area contributed by atoms with Crippen molar-refractivity contribution in [1.29, 1.82) is 0 Å². The Balaban J connectivity index is 4.53. The molecule has 128 valence electrons. The largest absolute Gasteiger partial charge is 0.396 e. The van der Waals surface area contributed by atoms with Crippen molar-refractivity contribution >= 4 is 0 Å². The van der Waals surface area contributed by atoms with Crippen molar-refractivity contribution in [3.05, 3.63) is 0 Å². The van der Waals surface area contributed by atoms with Gasteiger partial charge in [-0.25, -0.2) is 0 Å². The lowest BCUT2D eigenvalue weighted by Crippen LogP contribution is -2.29. The summed E-state index contributed by atoms with van der Waals surface area (Å²) in [5, 5.41) is 29.6. The van der Waals surface area contributed by atoms with Gasteiger partial charge in [0.1, 0.15) is 0 Å². The Morgan fingerprint density at radius 2 is 1.67 bits per heavy atom. The second kappa shape index (κ2) is 10.6.